The molecular formula is C24H22BrNO5. The van der Waals surface area contributed by atoms with E-state index in [2.05, 4.69) is 39.4 Å². The lowest BCUT2D eigenvalue weighted by Gasteiger charge is -2.20. The fourth-order valence-electron chi connectivity index (χ4n) is 3.23. The van der Waals surface area contributed by atoms with E-state index in [0.29, 0.717) is 21.2 Å². The van der Waals surface area contributed by atoms with E-state index in [1.54, 1.807) is 6.07 Å². The number of fused-ring (bicyclic) bond motifs is 1. The Hall–Kier alpha value is -3.19. The van der Waals surface area contributed by atoms with Gasteiger partial charge in [0.15, 0.2) is 5.78 Å². The van der Waals surface area contributed by atoms with Crippen LogP contribution in [0.1, 0.15) is 40.1 Å². The Morgan fingerprint density at radius 1 is 1.10 bits per heavy atom. The lowest BCUT2D eigenvalue weighted by atomic mass is 10.1. The minimum atomic E-state index is -0.520. The van der Waals surface area contributed by atoms with Gasteiger partial charge in [-0.05, 0) is 62.4 Å². The highest BCUT2D eigenvalue weighted by Crippen LogP contribution is 2.23. The van der Waals surface area contributed by atoms with Crippen molar-refractivity contribution in [3.05, 3.63) is 80.1 Å². The number of anilines is 1. The zero-order valence-corrected chi connectivity index (χ0v) is 19.1. The first-order valence-corrected chi connectivity index (χ1v) is 10.6. The molecule has 0 fully saturated rings. The number of benzene rings is 2. The van der Waals surface area contributed by atoms with Crippen molar-refractivity contribution in [1.82, 2.24) is 0 Å². The lowest BCUT2D eigenvalue weighted by Crippen LogP contribution is -2.21. The van der Waals surface area contributed by atoms with Gasteiger partial charge < -0.3 is 14.1 Å². The van der Waals surface area contributed by atoms with Crippen LogP contribution in [0.15, 0.2) is 62.2 Å². The zero-order chi connectivity index (χ0) is 22.5. The van der Waals surface area contributed by atoms with E-state index in [9.17, 15) is 14.4 Å². The molecule has 1 aromatic heterocycles. The number of halogens is 1. The van der Waals surface area contributed by atoms with Crippen LogP contribution in [-0.4, -0.2) is 32.0 Å². The molecule has 0 saturated heterocycles. The van der Waals surface area contributed by atoms with Crippen molar-refractivity contribution in [3.63, 3.8) is 0 Å². The minimum absolute atomic E-state index is 0.277. The summed E-state index contributed by atoms with van der Waals surface area (Å²) in [5.41, 5.74) is 1.93. The molecule has 7 heteroatoms. The molecule has 0 amide bonds. The summed E-state index contributed by atoms with van der Waals surface area (Å²) >= 11 is 3.30. The molecule has 6 nitrogen and oxygen atoms in total. The van der Waals surface area contributed by atoms with Gasteiger partial charge in [-0.1, -0.05) is 15.9 Å². The number of esters is 1. The van der Waals surface area contributed by atoms with Gasteiger partial charge in [-0.15, -0.1) is 0 Å². The summed E-state index contributed by atoms with van der Waals surface area (Å²) in [5, 5.41) is 0.770. The van der Waals surface area contributed by atoms with Gasteiger partial charge >= 0.3 is 11.6 Å². The summed E-state index contributed by atoms with van der Waals surface area (Å²) in [5.74, 6) is -0.812. The predicted molar refractivity (Wildman–Crippen MR) is 125 cm³/mol. The Labute approximate surface area is 188 Å². The van der Waals surface area contributed by atoms with Gasteiger partial charge in [0.25, 0.3) is 0 Å². The van der Waals surface area contributed by atoms with Crippen molar-refractivity contribution in [1.29, 1.82) is 0 Å². The molecule has 0 bridgehead atoms. The molecular weight excluding hydrogens is 462 g/mol. The topological polar surface area (TPSA) is 76.8 Å². The van der Waals surface area contributed by atoms with Crippen molar-refractivity contribution >= 4 is 50.4 Å². The average Bonchev–Trinajstić information content (AvgIpc) is 2.77. The first-order chi connectivity index (χ1) is 14.9. The fraction of sp³-hybridized carbons (Fsp3) is 0.208. The molecule has 0 unspecified atom stereocenters. The largest absolute Gasteiger partial charge is 0.465 e. The molecule has 3 rings (SSSR count). The average molecular weight is 484 g/mol. The number of nitrogens with zero attached hydrogens (tertiary/aromatic N) is 1. The van der Waals surface area contributed by atoms with Crippen LogP contribution in [0.2, 0.25) is 0 Å². The summed E-state index contributed by atoms with van der Waals surface area (Å²) < 4.78 is 10.6. The summed E-state index contributed by atoms with van der Waals surface area (Å²) in [6, 6.07) is 12.0. The van der Waals surface area contributed by atoms with Crippen LogP contribution in [0.3, 0.4) is 0 Å². The quantitative estimate of drug-likeness (QED) is 0.201. The molecule has 0 saturated carbocycles. The number of ether oxygens (including phenoxy) is 1. The maximum absolute atomic E-state index is 12.6. The van der Waals surface area contributed by atoms with Crippen LogP contribution in [0.5, 0.6) is 0 Å². The van der Waals surface area contributed by atoms with Gasteiger partial charge in [0.2, 0.25) is 0 Å². The van der Waals surface area contributed by atoms with Gasteiger partial charge in [0.05, 0.1) is 18.2 Å². The van der Waals surface area contributed by atoms with Crippen LogP contribution < -0.4 is 10.5 Å². The highest BCUT2D eigenvalue weighted by molar-refractivity contribution is 9.10. The molecule has 0 radical (unpaired) electrons. The van der Waals surface area contributed by atoms with Gasteiger partial charge in [-0.2, -0.15) is 0 Å². The van der Waals surface area contributed by atoms with E-state index < -0.39 is 11.6 Å². The van der Waals surface area contributed by atoms with E-state index in [-0.39, 0.29) is 11.3 Å². The van der Waals surface area contributed by atoms with E-state index in [1.165, 1.54) is 37.5 Å². The van der Waals surface area contributed by atoms with Crippen molar-refractivity contribution in [2.45, 2.75) is 13.8 Å². The normalized spacial score (nSPS) is 11.1. The van der Waals surface area contributed by atoms with Crippen LogP contribution in [0.25, 0.3) is 17.0 Å². The molecule has 0 N–H and O–H groups in total. The van der Waals surface area contributed by atoms with Crippen molar-refractivity contribution in [3.8, 4) is 0 Å². The lowest BCUT2D eigenvalue weighted by molar-refractivity contribution is 0.0600. The number of rotatable bonds is 7. The first kappa shape index (κ1) is 22.5. The summed E-state index contributed by atoms with van der Waals surface area (Å²) in [6.07, 6.45) is 2.74. The zero-order valence-electron chi connectivity index (χ0n) is 17.5. The third kappa shape index (κ3) is 4.94. The summed E-state index contributed by atoms with van der Waals surface area (Å²) in [6.45, 7) is 5.84. The summed E-state index contributed by atoms with van der Waals surface area (Å²) in [7, 11) is 1.29. The minimum Gasteiger partial charge on any atom is -0.465 e. The number of carbonyl (C=O) groups excluding carboxylic acids is 2. The second kappa shape index (κ2) is 9.75. The van der Waals surface area contributed by atoms with E-state index in [1.807, 2.05) is 18.2 Å². The fourth-order valence-corrected chi connectivity index (χ4v) is 3.81. The van der Waals surface area contributed by atoms with E-state index in [0.717, 1.165) is 24.2 Å². The van der Waals surface area contributed by atoms with Crippen LogP contribution >= 0.6 is 15.9 Å². The third-order valence-electron chi connectivity index (χ3n) is 4.95. The Balaban J connectivity index is 1.88. The molecule has 2 aromatic carbocycles. The van der Waals surface area contributed by atoms with Crippen molar-refractivity contribution in [2.24, 2.45) is 0 Å². The second-order valence-electron chi connectivity index (χ2n) is 6.77. The first-order valence-electron chi connectivity index (χ1n) is 9.81. The monoisotopic (exact) mass is 483 g/mol. The number of carbonyl (C=O) groups is 2. The maximum atomic E-state index is 12.6. The van der Waals surface area contributed by atoms with E-state index in [4.69, 9.17) is 4.42 Å². The van der Waals surface area contributed by atoms with Crippen LogP contribution in [0.4, 0.5) is 5.69 Å². The van der Waals surface area contributed by atoms with Crippen molar-refractivity contribution < 1.29 is 18.7 Å². The highest BCUT2D eigenvalue weighted by atomic mass is 79.9. The third-order valence-corrected chi connectivity index (χ3v) is 5.60. The molecule has 31 heavy (non-hydrogen) atoms. The second-order valence-corrected chi connectivity index (χ2v) is 7.62. The molecule has 1 heterocycles. The van der Waals surface area contributed by atoms with Gasteiger partial charge in [0, 0.05) is 40.3 Å². The van der Waals surface area contributed by atoms with Crippen molar-refractivity contribution in [2.75, 3.05) is 25.1 Å². The van der Waals surface area contributed by atoms with Gasteiger partial charge in [-0.3, -0.25) is 4.79 Å². The van der Waals surface area contributed by atoms with Crippen LogP contribution in [-0.2, 0) is 4.74 Å². The molecule has 3 aromatic rings. The molecule has 0 aliphatic carbocycles. The molecule has 0 spiro atoms. The molecule has 0 atom stereocenters. The Morgan fingerprint density at radius 3 is 2.48 bits per heavy atom. The Bertz CT molecular complexity index is 1220. The van der Waals surface area contributed by atoms with Crippen LogP contribution in [0, 0.1) is 0 Å². The predicted octanol–water partition coefficient (Wildman–Crippen LogP) is 5.08. The smallest absolute Gasteiger partial charge is 0.343 e. The SMILES string of the molecule is CCN(CC)c1ccc2cc(/C=C/C(=O)c3ccc(C(=O)OC)cc3Br)c(=O)oc2c1. The molecule has 0 aliphatic heterocycles. The van der Waals surface area contributed by atoms with E-state index >= 15 is 0 Å². The number of ketones is 1. The number of methoxy groups -OCH3 is 1. The highest BCUT2D eigenvalue weighted by Gasteiger charge is 2.13. The van der Waals surface area contributed by atoms with Gasteiger partial charge in [0.1, 0.15) is 5.58 Å². The number of hydrogen-bond donors (Lipinski definition) is 0. The Morgan fingerprint density at radius 2 is 1.84 bits per heavy atom. The number of hydrogen-bond acceptors (Lipinski definition) is 6. The molecule has 0 aliphatic rings. The standard InChI is InChI=1S/C24H22BrNO5/c1-4-26(5-2)18-9-6-15-12-16(24(29)31-22(15)14-18)8-11-21(27)19-10-7-17(13-20(19)25)23(28)30-3/h6-14H,4-5H2,1-3H3/b11-8+. The summed E-state index contributed by atoms with van der Waals surface area (Å²) in [4.78, 5) is 38.8. The Kier molecular flexibility index (Phi) is 7.07. The van der Waals surface area contributed by atoms with Gasteiger partial charge in [-0.25, -0.2) is 9.59 Å². The molecule has 160 valence electrons. The number of allylic oxidation sites excluding steroid dienone is 1. The maximum Gasteiger partial charge on any atom is 0.343 e.